The van der Waals surface area contributed by atoms with Crippen LogP contribution in [0.15, 0.2) is 24.3 Å². The van der Waals surface area contributed by atoms with E-state index >= 15 is 0 Å². The number of nitrogens with two attached hydrogens (primary N) is 1. The van der Waals surface area contributed by atoms with Gasteiger partial charge in [0.1, 0.15) is 0 Å². The summed E-state index contributed by atoms with van der Waals surface area (Å²) in [5.41, 5.74) is 6.51. The molecule has 1 aromatic carbocycles. The number of carbonyl (C=O) groups is 3. The van der Waals surface area contributed by atoms with Gasteiger partial charge in [-0.1, -0.05) is 12.1 Å². The smallest absolute Gasteiger partial charge is 0.319 e. The zero-order chi connectivity index (χ0) is 18.9. The molecule has 1 aliphatic heterocycles. The molecule has 0 aliphatic carbocycles. The third-order valence-electron chi connectivity index (χ3n) is 4.70. The molecule has 0 radical (unpaired) electrons. The fraction of sp³-hybridized carbons (Fsp3) is 0.526. The Bertz CT molecular complexity index is 639. The first-order valence-electron chi connectivity index (χ1n) is 9.13. The number of hydrogen-bond acceptors (Lipinski definition) is 4. The number of likely N-dealkylation sites (tertiary alicyclic amines) is 1. The first-order valence-corrected chi connectivity index (χ1v) is 9.13. The Hall–Kier alpha value is -2.41. The van der Waals surface area contributed by atoms with Crippen LogP contribution in [0, 0.1) is 5.92 Å². The second kappa shape index (κ2) is 9.91. The molecule has 26 heavy (non-hydrogen) atoms. The summed E-state index contributed by atoms with van der Waals surface area (Å²) in [6.07, 6.45) is 3.56. The van der Waals surface area contributed by atoms with Crippen molar-refractivity contribution in [3.8, 4) is 0 Å². The van der Waals surface area contributed by atoms with Crippen LogP contribution in [0.4, 0.5) is 10.5 Å². The average molecular weight is 360 g/mol. The normalized spacial score (nSPS) is 15.4. The summed E-state index contributed by atoms with van der Waals surface area (Å²) in [6, 6.07) is 6.61. The number of primary amides is 1. The van der Waals surface area contributed by atoms with Gasteiger partial charge >= 0.3 is 6.03 Å². The number of amides is 3. The van der Waals surface area contributed by atoms with E-state index in [0.717, 1.165) is 45.3 Å². The lowest BCUT2D eigenvalue weighted by molar-refractivity contribution is -0.123. The molecule has 1 aliphatic rings. The van der Waals surface area contributed by atoms with E-state index in [-0.39, 0.29) is 23.6 Å². The molecule has 2 rings (SSSR count). The molecule has 0 atom stereocenters. The predicted octanol–water partition coefficient (Wildman–Crippen LogP) is 1.99. The zero-order valence-electron chi connectivity index (χ0n) is 15.3. The fourth-order valence-electron chi connectivity index (χ4n) is 3.09. The van der Waals surface area contributed by atoms with Crippen molar-refractivity contribution in [1.82, 2.24) is 10.2 Å². The van der Waals surface area contributed by atoms with Gasteiger partial charge in [-0.15, -0.1) is 0 Å². The standard InChI is InChI=1S/C19H28N4O3/c1-14(24)16-5-4-6-17(13-16)22-19(26)21-9-2-3-10-23-11-7-15(8-12-23)18(20)25/h4-6,13,15H,2-3,7-12H2,1H3,(H2,20,25)(H2,21,22,26). The van der Waals surface area contributed by atoms with E-state index in [1.54, 1.807) is 24.3 Å². The van der Waals surface area contributed by atoms with Gasteiger partial charge in [0.05, 0.1) is 0 Å². The number of urea groups is 1. The topological polar surface area (TPSA) is 105 Å². The Morgan fingerprint density at radius 3 is 2.58 bits per heavy atom. The predicted molar refractivity (Wildman–Crippen MR) is 101 cm³/mol. The van der Waals surface area contributed by atoms with Crippen LogP contribution in [-0.4, -0.2) is 48.8 Å². The molecule has 7 heteroatoms. The van der Waals surface area contributed by atoms with Crippen molar-refractivity contribution in [2.75, 3.05) is 31.5 Å². The van der Waals surface area contributed by atoms with Crippen LogP contribution in [0.2, 0.25) is 0 Å². The van der Waals surface area contributed by atoms with Crippen LogP contribution in [0.5, 0.6) is 0 Å². The quantitative estimate of drug-likeness (QED) is 0.487. The molecule has 142 valence electrons. The Morgan fingerprint density at radius 1 is 1.19 bits per heavy atom. The molecular weight excluding hydrogens is 332 g/mol. The summed E-state index contributed by atoms with van der Waals surface area (Å²) >= 11 is 0. The van der Waals surface area contributed by atoms with Gasteiger partial charge in [-0.25, -0.2) is 4.79 Å². The minimum absolute atomic E-state index is 0.0260. The molecule has 1 aromatic rings. The molecule has 1 fully saturated rings. The number of piperidine rings is 1. The van der Waals surface area contributed by atoms with E-state index in [2.05, 4.69) is 15.5 Å². The molecule has 0 bridgehead atoms. The highest BCUT2D eigenvalue weighted by molar-refractivity contribution is 5.96. The van der Waals surface area contributed by atoms with E-state index in [4.69, 9.17) is 5.73 Å². The lowest BCUT2D eigenvalue weighted by Crippen LogP contribution is -2.39. The second-order valence-corrected chi connectivity index (χ2v) is 6.74. The van der Waals surface area contributed by atoms with Gasteiger partial charge in [0.25, 0.3) is 0 Å². The molecule has 0 unspecified atom stereocenters. The average Bonchev–Trinajstić information content (AvgIpc) is 2.62. The van der Waals surface area contributed by atoms with Crippen molar-refractivity contribution in [3.05, 3.63) is 29.8 Å². The van der Waals surface area contributed by atoms with E-state index in [1.165, 1.54) is 6.92 Å². The van der Waals surface area contributed by atoms with Crippen LogP contribution in [0.25, 0.3) is 0 Å². The van der Waals surface area contributed by atoms with Gasteiger partial charge in [-0.05, 0) is 64.4 Å². The minimum atomic E-state index is -0.270. The Labute approximate surface area is 154 Å². The number of Topliss-reactive ketones (excluding diaryl/α,β-unsaturated/α-hetero) is 1. The number of nitrogens with one attached hydrogen (secondary N) is 2. The van der Waals surface area contributed by atoms with Crippen molar-refractivity contribution in [3.63, 3.8) is 0 Å². The maximum Gasteiger partial charge on any atom is 0.319 e. The van der Waals surface area contributed by atoms with Gasteiger partial charge in [-0.3, -0.25) is 9.59 Å². The summed E-state index contributed by atoms with van der Waals surface area (Å²) in [5.74, 6) is -0.194. The largest absolute Gasteiger partial charge is 0.369 e. The number of carbonyl (C=O) groups excluding carboxylic acids is 3. The molecule has 4 N–H and O–H groups in total. The molecule has 7 nitrogen and oxygen atoms in total. The lowest BCUT2D eigenvalue weighted by Gasteiger charge is -2.30. The number of nitrogens with zero attached hydrogens (tertiary/aromatic N) is 1. The van der Waals surface area contributed by atoms with E-state index in [9.17, 15) is 14.4 Å². The zero-order valence-corrected chi connectivity index (χ0v) is 15.3. The number of rotatable bonds is 8. The van der Waals surface area contributed by atoms with Crippen molar-refractivity contribution in [1.29, 1.82) is 0 Å². The van der Waals surface area contributed by atoms with Crippen molar-refractivity contribution >= 4 is 23.4 Å². The van der Waals surface area contributed by atoms with E-state index in [1.807, 2.05) is 0 Å². The third kappa shape index (κ3) is 6.48. The molecule has 0 saturated carbocycles. The van der Waals surface area contributed by atoms with Crippen LogP contribution >= 0.6 is 0 Å². The first kappa shape index (κ1) is 19.9. The second-order valence-electron chi connectivity index (χ2n) is 6.74. The van der Waals surface area contributed by atoms with Crippen LogP contribution in [0.1, 0.15) is 43.0 Å². The summed E-state index contributed by atoms with van der Waals surface area (Å²) in [5, 5.41) is 5.56. The summed E-state index contributed by atoms with van der Waals surface area (Å²) in [7, 11) is 0. The van der Waals surface area contributed by atoms with Crippen molar-refractivity contribution in [2.24, 2.45) is 11.7 Å². The highest BCUT2D eigenvalue weighted by atomic mass is 16.2. The van der Waals surface area contributed by atoms with E-state index in [0.29, 0.717) is 17.8 Å². The lowest BCUT2D eigenvalue weighted by atomic mass is 9.96. The van der Waals surface area contributed by atoms with Gasteiger partial charge in [0, 0.05) is 23.7 Å². The molecular formula is C19H28N4O3. The number of ketones is 1. The van der Waals surface area contributed by atoms with Crippen molar-refractivity contribution in [2.45, 2.75) is 32.6 Å². The summed E-state index contributed by atoms with van der Waals surface area (Å²) in [4.78, 5) is 36.7. The van der Waals surface area contributed by atoms with Crippen LogP contribution < -0.4 is 16.4 Å². The highest BCUT2D eigenvalue weighted by Gasteiger charge is 2.22. The highest BCUT2D eigenvalue weighted by Crippen LogP contribution is 2.16. The summed E-state index contributed by atoms with van der Waals surface area (Å²) in [6.45, 7) is 4.88. The number of hydrogen-bond donors (Lipinski definition) is 3. The molecule has 0 spiro atoms. The molecule has 1 heterocycles. The van der Waals surface area contributed by atoms with Gasteiger partial charge in [-0.2, -0.15) is 0 Å². The number of anilines is 1. The van der Waals surface area contributed by atoms with E-state index < -0.39 is 0 Å². The SMILES string of the molecule is CC(=O)c1cccc(NC(=O)NCCCCN2CCC(C(N)=O)CC2)c1. The maximum absolute atomic E-state index is 11.9. The van der Waals surface area contributed by atoms with Crippen molar-refractivity contribution < 1.29 is 14.4 Å². The van der Waals surface area contributed by atoms with Gasteiger partial charge < -0.3 is 21.3 Å². The number of benzene rings is 1. The molecule has 1 saturated heterocycles. The fourth-order valence-corrected chi connectivity index (χ4v) is 3.09. The minimum Gasteiger partial charge on any atom is -0.369 e. The Balaban J connectivity index is 1.58. The molecule has 0 aromatic heterocycles. The molecule has 3 amide bonds. The van der Waals surface area contributed by atoms with Gasteiger partial charge in [0.2, 0.25) is 5.91 Å². The van der Waals surface area contributed by atoms with Crippen LogP contribution in [-0.2, 0) is 4.79 Å². The van der Waals surface area contributed by atoms with Crippen LogP contribution in [0.3, 0.4) is 0 Å². The maximum atomic E-state index is 11.9. The number of unbranched alkanes of at least 4 members (excludes halogenated alkanes) is 1. The third-order valence-corrected chi connectivity index (χ3v) is 4.70. The Morgan fingerprint density at radius 2 is 1.92 bits per heavy atom. The van der Waals surface area contributed by atoms with Gasteiger partial charge in [0.15, 0.2) is 5.78 Å². The first-order chi connectivity index (χ1) is 12.5. The Kier molecular flexibility index (Phi) is 7.59. The summed E-state index contributed by atoms with van der Waals surface area (Å²) < 4.78 is 0. The monoisotopic (exact) mass is 360 g/mol.